The maximum absolute atomic E-state index is 11.6. The molecule has 0 aromatic heterocycles. The van der Waals surface area contributed by atoms with Gasteiger partial charge in [0.1, 0.15) is 11.5 Å². The summed E-state index contributed by atoms with van der Waals surface area (Å²) in [6.45, 7) is 8.63. The largest absolute Gasteiger partial charge is 0.616 e. The van der Waals surface area contributed by atoms with Crippen molar-refractivity contribution in [3.63, 3.8) is 0 Å². The molecule has 0 aromatic carbocycles. The normalized spacial score (nSPS) is 32.0. The first-order valence-corrected chi connectivity index (χ1v) is 9.23. The lowest BCUT2D eigenvalue weighted by Crippen LogP contribution is -2.38. The van der Waals surface area contributed by atoms with Crippen LogP contribution in [0.3, 0.4) is 0 Å². The summed E-state index contributed by atoms with van der Waals surface area (Å²) in [7, 11) is 0. The van der Waals surface area contributed by atoms with Gasteiger partial charge in [-0.3, -0.25) is 0 Å². The number of hydrogen-bond acceptors (Lipinski definition) is 4. The monoisotopic (exact) mass is 310 g/mol. The second kappa shape index (κ2) is 6.35. The molecule has 2 rings (SSSR count). The lowest BCUT2D eigenvalue weighted by molar-refractivity contribution is 0.0372. The van der Waals surface area contributed by atoms with E-state index in [2.05, 4.69) is 33.0 Å². The number of nitrogens with one attached hydrogen (secondary N) is 2. The van der Waals surface area contributed by atoms with Gasteiger partial charge in [0, 0.05) is 6.21 Å². The average molecular weight is 310 g/mol. The Morgan fingerprint density at radius 3 is 2.67 bits per heavy atom. The summed E-state index contributed by atoms with van der Waals surface area (Å²) in [6, 6.07) is 0.261. The SMILES string of the molecule is CC1(C)CB(/C(C=N)=C/NC2CCC[S+]([O-])C2)OC1(C)C. The van der Waals surface area contributed by atoms with E-state index < -0.39 is 11.2 Å². The Bertz CT molecular complexity index is 410. The molecule has 6 heteroatoms. The number of hydrogen-bond donors (Lipinski definition) is 2. The fourth-order valence-electron chi connectivity index (χ4n) is 2.91. The van der Waals surface area contributed by atoms with Crippen LogP contribution < -0.4 is 5.32 Å². The fraction of sp³-hybridized carbons (Fsp3) is 0.800. The Balaban J connectivity index is 2.00. The topological polar surface area (TPSA) is 68.2 Å². The van der Waals surface area contributed by atoms with Crippen LogP contribution in [0.4, 0.5) is 0 Å². The van der Waals surface area contributed by atoms with Crippen LogP contribution in [-0.4, -0.2) is 40.8 Å². The molecule has 2 atom stereocenters. The second-order valence-corrected chi connectivity index (χ2v) is 8.93. The van der Waals surface area contributed by atoms with Gasteiger partial charge < -0.3 is 19.9 Å². The first-order valence-electron chi connectivity index (χ1n) is 7.74. The van der Waals surface area contributed by atoms with Crippen molar-refractivity contribution in [2.24, 2.45) is 5.41 Å². The van der Waals surface area contributed by atoms with Crippen molar-refractivity contribution >= 4 is 24.3 Å². The molecule has 2 aliphatic rings. The molecule has 0 amide bonds. The summed E-state index contributed by atoms with van der Waals surface area (Å²) in [5.41, 5.74) is 0.781. The zero-order valence-electron chi connectivity index (χ0n) is 13.6. The minimum Gasteiger partial charge on any atom is -0.616 e. The van der Waals surface area contributed by atoms with Crippen molar-refractivity contribution in [3.05, 3.63) is 11.7 Å². The van der Waals surface area contributed by atoms with E-state index >= 15 is 0 Å². The zero-order valence-corrected chi connectivity index (χ0v) is 14.4. The molecule has 0 aliphatic carbocycles. The van der Waals surface area contributed by atoms with Gasteiger partial charge in [0.25, 0.3) is 0 Å². The van der Waals surface area contributed by atoms with Crippen molar-refractivity contribution < 1.29 is 9.21 Å². The van der Waals surface area contributed by atoms with Gasteiger partial charge in [-0.05, 0) is 50.1 Å². The van der Waals surface area contributed by atoms with E-state index in [0.717, 1.165) is 30.4 Å². The van der Waals surface area contributed by atoms with Gasteiger partial charge in [0.2, 0.25) is 0 Å². The quantitative estimate of drug-likeness (QED) is 0.476. The lowest BCUT2D eigenvalue weighted by atomic mass is 9.54. The third-order valence-electron chi connectivity index (χ3n) is 5.10. The van der Waals surface area contributed by atoms with E-state index in [-0.39, 0.29) is 24.0 Å². The van der Waals surface area contributed by atoms with Crippen LogP contribution in [0.15, 0.2) is 11.7 Å². The first-order chi connectivity index (χ1) is 9.75. The molecule has 2 N–H and O–H groups in total. The lowest BCUT2D eigenvalue weighted by Gasteiger charge is -2.34. The minimum atomic E-state index is -0.694. The van der Waals surface area contributed by atoms with Gasteiger partial charge in [-0.15, -0.1) is 0 Å². The van der Waals surface area contributed by atoms with Crippen molar-refractivity contribution in [1.29, 1.82) is 5.41 Å². The predicted molar refractivity (Wildman–Crippen MR) is 90.4 cm³/mol. The molecule has 2 fully saturated rings. The molecular formula is C15H27BN2O2S. The summed E-state index contributed by atoms with van der Waals surface area (Å²) in [5.74, 6) is 1.54. The molecule has 2 heterocycles. The highest BCUT2D eigenvalue weighted by Gasteiger charge is 2.50. The van der Waals surface area contributed by atoms with E-state index in [9.17, 15) is 4.55 Å². The van der Waals surface area contributed by atoms with Crippen molar-refractivity contribution in [2.45, 2.75) is 58.5 Å². The average Bonchev–Trinajstić information content (AvgIpc) is 2.59. The first kappa shape index (κ1) is 16.9. The molecule has 21 heavy (non-hydrogen) atoms. The predicted octanol–water partition coefficient (Wildman–Crippen LogP) is 2.39. The van der Waals surface area contributed by atoms with E-state index in [1.165, 1.54) is 6.21 Å². The van der Waals surface area contributed by atoms with Gasteiger partial charge in [0.05, 0.1) is 11.6 Å². The maximum Gasteiger partial charge on any atom is 0.330 e. The third kappa shape index (κ3) is 3.85. The van der Waals surface area contributed by atoms with Crippen LogP contribution in [0.1, 0.15) is 40.5 Å². The van der Waals surface area contributed by atoms with Crippen LogP contribution in [0, 0.1) is 10.8 Å². The van der Waals surface area contributed by atoms with Gasteiger partial charge >= 0.3 is 6.92 Å². The van der Waals surface area contributed by atoms with Crippen LogP contribution in [-0.2, 0) is 15.8 Å². The van der Waals surface area contributed by atoms with Gasteiger partial charge in [0.15, 0.2) is 0 Å². The molecule has 0 bridgehead atoms. The van der Waals surface area contributed by atoms with Crippen molar-refractivity contribution in [1.82, 2.24) is 5.32 Å². The Labute approximate surface area is 131 Å². The summed E-state index contributed by atoms with van der Waals surface area (Å²) in [6.07, 6.45) is 6.27. The van der Waals surface area contributed by atoms with Crippen LogP contribution >= 0.6 is 0 Å². The summed E-state index contributed by atoms with van der Waals surface area (Å²) in [5, 5.41) is 11.0. The summed E-state index contributed by atoms with van der Waals surface area (Å²) in [4.78, 5) is 0. The van der Waals surface area contributed by atoms with Crippen LogP contribution in [0.5, 0.6) is 0 Å². The van der Waals surface area contributed by atoms with Gasteiger partial charge in [-0.1, -0.05) is 25.0 Å². The molecule has 118 valence electrons. The molecule has 0 spiro atoms. The Morgan fingerprint density at radius 2 is 2.14 bits per heavy atom. The van der Waals surface area contributed by atoms with Crippen LogP contribution in [0.25, 0.3) is 0 Å². The maximum atomic E-state index is 11.6. The molecular weight excluding hydrogens is 283 g/mol. The van der Waals surface area contributed by atoms with Gasteiger partial charge in [-0.2, -0.15) is 0 Å². The molecule has 2 unspecified atom stereocenters. The van der Waals surface area contributed by atoms with Crippen LogP contribution in [0.2, 0.25) is 6.32 Å². The summed E-state index contributed by atoms with van der Waals surface area (Å²) >= 11 is -0.694. The van der Waals surface area contributed by atoms with E-state index in [0.29, 0.717) is 5.75 Å². The molecule has 2 aliphatic heterocycles. The van der Waals surface area contributed by atoms with E-state index in [1.807, 2.05) is 6.20 Å². The van der Waals surface area contributed by atoms with E-state index in [1.54, 1.807) is 0 Å². The third-order valence-corrected chi connectivity index (χ3v) is 6.62. The molecule has 4 nitrogen and oxygen atoms in total. The van der Waals surface area contributed by atoms with Crippen molar-refractivity contribution in [2.75, 3.05) is 11.5 Å². The highest BCUT2D eigenvalue weighted by Crippen LogP contribution is 2.46. The highest BCUT2D eigenvalue weighted by molar-refractivity contribution is 7.91. The standard InChI is InChI=1S/C15H27BN2O2S/c1-14(2)11-16(20-15(14,3)4)12(8-17)9-18-13-6-5-7-21(19)10-13/h8-9,13,17-18H,5-7,10-11H2,1-4H3/b12-9+,17-8?. The zero-order chi connectivity index (χ0) is 15.7. The summed E-state index contributed by atoms with van der Waals surface area (Å²) < 4.78 is 17.8. The van der Waals surface area contributed by atoms with Crippen molar-refractivity contribution in [3.8, 4) is 0 Å². The smallest absolute Gasteiger partial charge is 0.330 e. The Hall–Kier alpha value is -0.455. The van der Waals surface area contributed by atoms with Gasteiger partial charge in [-0.25, -0.2) is 0 Å². The molecule has 2 saturated heterocycles. The minimum absolute atomic E-state index is 0.0333. The van der Waals surface area contributed by atoms with E-state index in [4.69, 9.17) is 10.1 Å². The Morgan fingerprint density at radius 1 is 1.43 bits per heavy atom. The highest BCUT2D eigenvalue weighted by atomic mass is 32.2. The molecule has 0 saturated carbocycles. The number of allylic oxidation sites excluding steroid dienone is 1. The Kier molecular flexibility index (Phi) is 5.11. The molecule has 0 aromatic rings. The number of rotatable bonds is 4. The molecule has 0 radical (unpaired) electrons. The second-order valence-electron chi connectivity index (χ2n) is 7.31. The fourth-order valence-corrected chi connectivity index (χ4v) is 4.27.